The van der Waals surface area contributed by atoms with E-state index in [1.807, 2.05) is 19.1 Å². The van der Waals surface area contributed by atoms with Gasteiger partial charge in [-0.25, -0.2) is 0 Å². The second-order valence-electron chi connectivity index (χ2n) is 6.30. The lowest BCUT2D eigenvalue weighted by Crippen LogP contribution is -2.22. The molecule has 2 fully saturated rings. The predicted molar refractivity (Wildman–Crippen MR) is 86.9 cm³/mol. The van der Waals surface area contributed by atoms with Gasteiger partial charge in [0.1, 0.15) is 5.75 Å². The van der Waals surface area contributed by atoms with Crippen LogP contribution < -0.4 is 0 Å². The van der Waals surface area contributed by atoms with Crippen molar-refractivity contribution in [3.8, 4) is 5.75 Å². The maximum absolute atomic E-state index is 9.22. The summed E-state index contributed by atoms with van der Waals surface area (Å²) in [5, 5.41) is 9.22. The lowest BCUT2D eigenvalue weighted by Gasteiger charge is -2.35. The van der Waals surface area contributed by atoms with Gasteiger partial charge >= 0.3 is 0 Å². The number of fused-ring (bicyclic) bond motifs is 1. The first kappa shape index (κ1) is 15.2. The highest BCUT2D eigenvalue weighted by atomic mass is 16.3. The molecule has 0 unspecified atom stereocenters. The number of rotatable bonds is 1. The minimum Gasteiger partial charge on any atom is -0.507 e. The van der Waals surface area contributed by atoms with Crippen LogP contribution in [0, 0.1) is 18.8 Å². The van der Waals surface area contributed by atoms with E-state index in [1.54, 1.807) is 37.8 Å². The van der Waals surface area contributed by atoms with Crippen LogP contribution in [-0.2, 0) is 0 Å². The van der Waals surface area contributed by atoms with Gasteiger partial charge in [-0.3, -0.25) is 0 Å². The second kappa shape index (κ2) is 7.52. The van der Waals surface area contributed by atoms with Crippen LogP contribution >= 0.6 is 0 Å². The average Bonchev–Trinajstić information content (AvgIpc) is 2.48. The molecule has 3 rings (SSSR count). The Morgan fingerprint density at radius 2 is 1.50 bits per heavy atom. The van der Waals surface area contributed by atoms with Gasteiger partial charge in [-0.15, -0.1) is 0 Å². The van der Waals surface area contributed by atoms with E-state index in [-0.39, 0.29) is 0 Å². The maximum Gasteiger partial charge on any atom is 0.123 e. The van der Waals surface area contributed by atoms with Crippen molar-refractivity contribution in [2.45, 2.75) is 58.3 Å². The van der Waals surface area contributed by atoms with Crippen molar-refractivity contribution in [3.63, 3.8) is 0 Å². The van der Waals surface area contributed by atoms with E-state index in [1.165, 1.54) is 25.7 Å². The standard InChI is InChI=1S/C10H18.C9H10O/c1-2-6-10-8-4-3-7-9(10)5-1;1-3-8-7(2)5-4-6-9(8)10/h9-10H,1-8H2;3-6,10H,1H2,2H3. The summed E-state index contributed by atoms with van der Waals surface area (Å²) in [4.78, 5) is 0. The predicted octanol–water partition coefficient (Wildman–Crippen LogP) is 5.71. The third-order valence-corrected chi connectivity index (χ3v) is 4.97. The molecule has 0 spiro atoms. The van der Waals surface area contributed by atoms with Gasteiger partial charge in [0.05, 0.1) is 0 Å². The smallest absolute Gasteiger partial charge is 0.123 e. The van der Waals surface area contributed by atoms with E-state index in [9.17, 15) is 5.11 Å². The number of aryl methyl sites for hydroxylation is 1. The number of aromatic hydroxyl groups is 1. The van der Waals surface area contributed by atoms with Gasteiger partial charge in [0.15, 0.2) is 0 Å². The summed E-state index contributed by atoms with van der Waals surface area (Å²) in [6.45, 7) is 5.53. The van der Waals surface area contributed by atoms with Gasteiger partial charge in [-0.05, 0) is 30.4 Å². The van der Waals surface area contributed by atoms with Gasteiger partial charge < -0.3 is 5.11 Å². The van der Waals surface area contributed by atoms with Crippen LogP contribution in [0.3, 0.4) is 0 Å². The fourth-order valence-corrected chi connectivity index (χ4v) is 3.79. The molecule has 0 amide bonds. The zero-order valence-electron chi connectivity index (χ0n) is 12.8. The Hall–Kier alpha value is -1.24. The first-order valence-corrected chi connectivity index (χ1v) is 8.13. The molecule has 0 heterocycles. The van der Waals surface area contributed by atoms with Crippen molar-refractivity contribution in [1.29, 1.82) is 0 Å². The van der Waals surface area contributed by atoms with E-state index in [2.05, 4.69) is 6.58 Å². The Labute approximate surface area is 123 Å². The van der Waals surface area contributed by atoms with Crippen LogP contribution in [-0.4, -0.2) is 5.11 Å². The van der Waals surface area contributed by atoms with Gasteiger partial charge in [-0.1, -0.05) is 76.2 Å². The molecular weight excluding hydrogens is 244 g/mol. The number of phenolic OH excluding ortho intramolecular Hbond substituents is 1. The molecule has 0 saturated heterocycles. The summed E-state index contributed by atoms with van der Waals surface area (Å²) < 4.78 is 0. The Balaban J connectivity index is 0.000000147. The van der Waals surface area contributed by atoms with Gasteiger partial charge in [-0.2, -0.15) is 0 Å². The third kappa shape index (κ3) is 3.88. The number of hydrogen-bond donors (Lipinski definition) is 1. The first-order valence-electron chi connectivity index (χ1n) is 8.13. The quantitative estimate of drug-likeness (QED) is 0.694. The van der Waals surface area contributed by atoms with Crippen LogP contribution in [0.25, 0.3) is 6.08 Å². The molecule has 2 aliphatic rings. The molecule has 1 aromatic carbocycles. The SMILES string of the molecule is C1CCC2CCCCC2C1.C=Cc1c(C)cccc1O. The molecule has 0 radical (unpaired) electrons. The number of benzene rings is 1. The molecule has 2 aliphatic carbocycles. The largest absolute Gasteiger partial charge is 0.507 e. The summed E-state index contributed by atoms with van der Waals surface area (Å²) in [6.07, 6.45) is 14.0. The Kier molecular flexibility index (Phi) is 5.70. The Bertz CT molecular complexity index is 389. The van der Waals surface area contributed by atoms with Crippen LogP contribution in [0.15, 0.2) is 24.8 Å². The van der Waals surface area contributed by atoms with Crippen molar-refractivity contribution in [2.24, 2.45) is 11.8 Å². The molecule has 0 atom stereocenters. The van der Waals surface area contributed by atoms with Crippen LogP contribution in [0.5, 0.6) is 5.75 Å². The molecular formula is C19H28O. The molecule has 1 heteroatoms. The number of hydrogen-bond acceptors (Lipinski definition) is 1. The average molecular weight is 272 g/mol. The van der Waals surface area contributed by atoms with Crippen LogP contribution in [0.2, 0.25) is 0 Å². The van der Waals surface area contributed by atoms with Crippen molar-refractivity contribution in [2.75, 3.05) is 0 Å². The minimum atomic E-state index is 0.301. The first-order chi connectivity index (χ1) is 9.72. The van der Waals surface area contributed by atoms with Crippen LogP contribution in [0.4, 0.5) is 0 Å². The highest BCUT2D eigenvalue weighted by molar-refractivity contribution is 5.58. The van der Waals surface area contributed by atoms with Gasteiger partial charge in [0.2, 0.25) is 0 Å². The van der Waals surface area contributed by atoms with Crippen LogP contribution in [0.1, 0.15) is 62.5 Å². The highest BCUT2D eigenvalue weighted by Gasteiger charge is 2.26. The molecule has 2 saturated carbocycles. The molecule has 20 heavy (non-hydrogen) atoms. The second-order valence-corrected chi connectivity index (χ2v) is 6.30. The highest BCUT2D eigenvalue weighted by Crippen LogP contribution is 2.39. The molecule has 0 bridgehead atoms. The van der Waals surface area contributed by atoms with Crippen molar-refractivity contribution >= 4 is 6.08 Å². The molecule has 0 aromatic heterocycles. The summed E-state index contributed by atoms with van der Waals surface area (Å²) in [6, 6.07) is 5.42. The summed E-state index contributed by atoms with van der Waals surface area (Å²) in [7, 11) is 0. The molecule has 1 aromatic rings. The molecule has 1 nitrogen and oxygen atoms in total. The third-order valence-electron chi connectivity index (χ3n) is 4.97. The summed E-state index contributed by atoms with van der Waals surface area (Å²) in [5.74, 6) is 2.61. The monoisotopic (exact) mass is 272 g/mol. The lowest BCUT2D eigenvalue weighted by atomic mass is 9.71. The van der Waals surface area contributed by atoms with E-state index >= 15 is 0 Å². The van der Waals surface area contributed by atoms with E-state index in [0.29, 0.717) is 5.75 Å². The molecule has 1 N–H and O–H groups in total. The summed E-state index contributed by atoms with van der Waals surface area (Å²) in [5.41, 5.74) is 1.87. The number of phenols is 1. The zero-order chi connectivity index (χ0) is 14.4. The van der Waals surface area contributed by atoms with E-state index in [0.717, 1.165) is 23.0 Å². The van der Waals surface area contributed by atoms with Crippen molar-refractivity contribution < 1.29 is 5.11 Å². The normalized spacial score (nSPS) is 25.1. The van der Waals surface area contributed by atoms with Gasteiger partial charge in [0.25, 0.3) is 0 Å². The van der Waals surface area contributed by atoms with E-state index < -0.39 is 0 Å². The fourth-order valence-electron chi connectivity index (χ4n) is 3.79. The minimum absolute atomic E-state index is 0.301. The Morgan fingerprint density at radius 1 is 1.00 bits per heavy atom. The lowest BCUT2D eigenvalue weighted by molar-refractivity contribution is 0.171. The summed E-state index contributed by atoms with van der Waals surface area (Å²) >= 11 is 0. The molecule has 110 valence electrons. The Morgan fingerprint density at radius 3 is 1.85 bits per heavy atom. The fraction of sp³-hybridized carbons (Fsp3) is 0.579. The van der Waals surface area contributed by atoms with E-state index in [4.69, 9.17) is 0 Å². The zero-order valence-corrected chi connectivity index (χ0v) is 12.8. The topological polar surface area (TPSA) is 20.2 Å². The van der Waals surface area contributed by atoms with Gasteiger partial charge in [0, 0.05) is 5.56 Å². The van der Waals surface area contributed by atoms with Crippen molar-refractivity contribution in [1.82, 2.24) is 0 Å². The van der Waals surface area contributed by atoms with Crippen molar-refractivity contribution in [3.05, 3.63) is 35.9 Å². The maximum atomic E-state index is 9.22. The molecule has 0 aliphatic heterocycles.